The third-order valence-corrected chi connectivity index (χ3v) is 3.32. The van der Waals surface area contributed by atoms with Crippen LogP contribution in [0, 0.1) is 5.82 Å². The molecule has 0 spiro atoms. The molecular weight excluding hydrogens is 235 g/mol. The topological polar surface area (TPSA) is 29.3 Å². The molecule has 0 radical (unpaired) electrons. The largest absolute Gasteiger partial charge is 0.389 e. The summed E-state index contributed by atoms with van der Waals surface area (Å²) in [5, 5.41) is 0. The van der Waals surface area contributed by atoms with Crippen LogP contribution in [-0.4, -0.2) is 23.0 Å². The fourth-order valence-corrected chi connectivity index (χ4v) is 1.87. The first-order chi connectivity index (χ1) is 7.95. The molecule has 0 amide bonds. The van der Waals surface area contributed by atoms with E-state index in [4.69, 9.17) is 18.0 Å². The minimum atomic E-state index is -0.252. The van der Waals surface area contributed by atoms with Gasteiger partial charge < -0.3 is 5.73 Å². The van der Waals surface area contributed by atoms with E-state index in [0.29, 0.717) is 17.6 Å². The van der Waals surface area contributed by atoms with Gasteiger partial charge in [-0.15, -0.1) is 0 Å². The predicted octanol–water partition coefficient (Wildman–Crippen LogP) is 2.69. The molecule has 2 N–H and O–H groups in total. The molecule has 1 atom stereocenters. The van der Waals surface area contributed by atoms with Crippen LogP contribution in [0.5, 0.6) is 0 Å². The molecule has 0 aliphatic rings. The van der Waals surface area contributed by atoms with Crippen molar-refractivity contribution in [2.24, 2.45) is 5.73 Å². The highest BCUT2D eigenvalue weighted by molar-refractivity contribution is 7.80. The van der Waals surface area contributed by atoms with Crippen molar-refractivity contribution in [1.82, 2.24) is 4.90 Å². The zero-order valence-corrected chi connectivity index (χ0v) is 11.4. The normalized spacial score (nSPS) is 12.8. The van der Waals surface area contributed by atoms with E-state index < -0.39 is 0 Å². The van der Waals surface area contributed by atoms with Gasteiger partial charge in [-0.2, -0.15) is 0 Å². The maximum Gasteiger partial charge on any atom is 0.123 e. The van der Waals surface area contributed by atoms with Crippen LogP contribution < -0.4 is 5.73 Å². The van der Waals surface area contributed by atoms with E-state index in [-0.39, 0.29) is 5.82 Å². The average molecular weight is 254 g/mol. The Bertz CT molecular complexity index is 406. The summed E-state index contributed by atoms with van der Waals surface area (Å²) in [4.78, 5) is 2.48. The lowest BCUT2D eigenvalue weighted by Crippen LogP contribution is -2.29. The Morgan fingerprint density at radius 3 is 2.71 bits per heavy atom. The fraction of sp³-hybridized carbons (Fsp3) is 0.462. The first kappa shape index (κ1) is 14.1. The molecule has 1 aromatic rings. The maximum atomic E-state index is 13.2. The molecule has 0 bridgehead atoms. The fourth-order valence-electron chi connectivity index (χ4n) is 1.67. The first-order valence-corrected chi connectivity index (χ1v) is 6.15. The third-order valence-electron chi connectivity index (χ3n) is 3.10. The number of nitrogens with zero attached hydrogens (tertiary/aromatic N) is 1. The van der Waals surface area contributed by atoms with Gasteiger partial charge >= 0.3 is 0 Å². The van der Waals surface area contributed by atoms with E-state index in [1.807, 2.05) is 7.05 Å². The zero-order valence-electron chi connectivity index (χ0n) is 10.5. The van der Waals surface area contributed by atoms with Crippen LogP contribution in [0.3, 0.4) is 0 Å². The number of hydrogen-bond donors (Lipinski definition) is 1. The summed E-state index contributed by atoms with van der Waals surface area (Å²) in [5.41, 5.74) is 7.25. The van der Waals surface area contributed by atoms with E-state index in [9.17, 15) is 4.39 Å². The molecule has 0 aliphatic heterocycles. The molecule has 0 aromatic heterocycles. The highest BCUT2D eigenvalue weighted by Crippen LogP contribution is 2.15. The predicted molar refractivity (Wildman–Crippen MR) is 73.5 cm³/mol. The molecule has 1 aromatic carbocycles. The molecule has 0 aliphatic carbocycles. The Morgan fingerprint density at radius 2 is 2.18 bits per heavy atom. The summed E-state index contributed by atoms with van der Waals surface area (Å²) in [7, 11) is 2.02. The highest BCUT2D eigenvalue weighted by Gasteiger charge is 2.12. The molecule has 94 valence electrons. The van der Waals surface area contributed by atoms with Crippen molar-refractivity contribution in [3.8, 4) is 0 Å². The van der Waals surface area contributed by atoms with Crippen LogP contribution in [0.1, 0.15) is 31.4 Å². The van der Waals surface area contributed by atoms with Crippen molar-refractivity contribution in [2.45, 2.75) is 32.9 Å². The average Bonchev–Trinajstić information content (AvgIpc) is 2.27. The number of nitrogens with two attached hydrogens (primary N) is 1. The van der Waals surface area contributed by atoms with Gasteiger partial charge in [0.05, 0.1) is 0 Å². The molecule has 2 nitrogen and oxygen atoms in total. The summed E-state index contributed by atoms with van der Waals surface area (Å²) in [6.07, 6.45) is 1.05. The number of benzene rings is 1. The van der Waals surface area contributed by atoms with Gasteiger partial charge in [0.25, 0.3) is 0 Å². The van der Waals surface area contributed by atoms with Crippen molar-refractivity contribution < 1.29 is 4.39 Å². The van der Waals surface area contributed by atoms with Crippen molar-refractivity contribution >= 4 is 17.2 Å². The molecule has 1 unspecified atom stereocenters. The van der Waals surface area contributed by atoms with Gasteiger partial charge in [0.2, 0.25) is 0 Å². The smallest absolute Gasteiger partial charge is 0.123 e. The number of rotatable bonds is 5. The second kappa shape index (κ2) is 6.07. The van der Waals surface area contributed by atoms with Crippen molar-refractivity contribution in [3.05, 3.63) is 35.1 Å². The highest BCUT2D eigenvalue weighted by atomic mass is 32.1. The van der Waals surface area contributed by atoms with Crippen molar-refractivity contribution in [1.29, 1.82) is 0 Å². The van der Waals surface area contributed by atoms with Crippen molar-refractivity contribution in [3.63, 3.8) is 0 Å². The van der Waals surface area contributed by atoms with E-state index in [1.54, 1.807) is 6.07 Å². The minimum Gasteiger partial charge on any atom is -0.389 e. The summed E-state index contributed by atoms with van der Waals surface area (Å²) in [6, 6.07) is 4.99. The lowest BCUT2D eigenvalue weighted by atomic mass is 10.1. The van der Waals surface area contributed by atoms with Gasteiger partial charge in [-0.25, -0.2) is 4.39 Å². The molecule has 0 heterocycles. The van der Waals surface area contributed by atoms with Crippen LogP contribution in [0.4, 0.5) is 4.39 Å². The lowest BCUT2D eigenvalue weighted by molar-refractivity contribution is 0.243. The molecule has 17 heavy (non-hydrogen) atoms. The quantitative estimate of drug-likeness (QED) is 0.819. The van der Waals surface area contributed by atoms with Gasteiger partial charge in [0.15, 0.2) is 0 Å². The number of halogens is 1. The standard InChI is InChI=1S/C13H19FN2S/c1-4-9(2)16(3)8-10-7-11(14)5-6-12(10)13(15)17/h5-7,9H,4,8H2,1-3H3,(H2,15,17). The van der Waals surface area contributed by atoms with E-state index in [1.165, 1.54) is 12.1 Å². The minimum absolute atomic E-state index is 0.252. The first-order valence-electron chi connectivity index (χ1n) is 5.74. The van der Waals surface area contributed by atoms with Crippen LogP contribution in [-0.2, 0) is 6.54 Å². The van der Waals surface area contributed by atoms with Crippen molar-refractivity contribution in [2.75, 3.05) is 7.05 Å². The Morgan fingerprint density at radius 1 is 1.53 bits per heavy atom. The van der Waals surface area contributed by atoms with Crippen LogP contribution >= 0.6 is 12.2 Å². The van der Waals surface area contributed by atoms with Gasteiger partial charge in [0, 0.05) is 18.2 Å². The number of hydrogen-bond acceptors (Lipinski definition) is 2. The monoisotopic (exact) mass is 254 g/mol. The summed E-state index contributed by atoms with van der Waals surface area (Å²) in [6.45, 7) is 4.92. The summed E-state index contributed by atoms with van der Waals surface area (Å²) < 4.78 is 13.2. The Hall–Kier alpha value is -1.00. The maximum absolute atomic E-state index is 13.2. The Labute approximate surface area is 108 Å². The van der Waals surface area contributed by atoms with Crippen LogP contribution in [0.2, 0.25) is 0 Å². The van der Waals surface area contributed by atoms with Gasteiger partial charge in [-0.05, 0) is 44.2 Å². The number of thiocarbonyl (C=S) groups is 1. The van der Waals surface area contributed by atoms with E-state index in [0.717, 1.165) is 17.5 Å². The molecule has 0 fully saturated rings. The Kier molecular flexibility index (Phi) is 5.02. The second-order valence-corrected chi connectivity index (χ2v) is 4.78. The van der Waals surface area contributed by atoms with Gasteiger partial charge in [-0.1, -0.05) is 19.1 Å². The summed E-state index contributed by atoms with van der Waals surface area (Å²) in [5.74, 6) is -0.252. The summed E-state index contributed by atoms with van der Waals surface area (Å²) >= 11 is 4.98. The van der Waals surface area contributed by atoms with Gasteiger partial charge in [0.1, 0.15) is 10.8 Å². The molecule has 0 saturated heterocycles. The molecule has 4 heteroatoms. The third kappa shape index (κ3) is 3.75. The van der Waals surface area contributed by atoms with Crippen LogP contribution in [0.25, 0.3) is 0 Å². The second-order valence-electron chi connectivity index (χ2n) is 4.34. The Balaban J connectivity index is 2.96. The molecule has 0 saturated carbocycles. The lowest BCUT2D eigenvalue weighted by Gasteiger charge is -2.24. The SMILES string of the molecule is CCC(C)N(C)Cc1cc(F)ccc1C(N)=S. The zero-order chi connectivity index (χ0) is 13.0. The van der Waals surface area contributed by atoms with Gasteiger partial charge in [-0.3, -0.25) is 4.90 Å². The molecule has 1 rings (SSSR count). The van der Waals surface area contributed by atoms with Crippen LogP contribution in [0.15, 0.2) is 18.2 Å². The molecular formula is C13H19FN2S. The van der Waals surface area contributed by atoms with E-state index >= 15 is 0 Å². The van der Waals surface area contributed by atoms with E-state index in [2.05, 4.69) is 18.7 Å².